The SMILES string of the molecule is C#CCN(CCC)C(=O)C1CCC(CCCC)CC1. The van der Waals surface area contributed by atoms with Crippen molar-refractivity contribution < 1.29 is 4.79 Å². The first-order valence-corrected chi connectivity index (χ1v) is 7.95. The lowest BCUT2D eigenvalue weighted by Gasteiger charge is -2.31. The van der Waals surface area contributed by atoms with Crippen molar-refractivity contribution in [3.05, 3.63) is 0 Å². The Kier molecular flexibility index (Phi) is 7.63. The van der Waals surface area contributed by atoms with Gasteiger partial charge in [0.15, 0.2) is 0 Å². The van der Waals surface area contributed by atoms with E-state index in [1.54, 1.807) is 0 Å². The first kappa shape index (κ1) is 16.1. The maximum Gasteiger partial charge on any atom is 0.226 e. The summed E-state index contributed by atoms with van der Waals surface area (Å²) >= 11 is 0. The zero-order valence-corrected chi connectivity index (χ0v) is 12.7. The van der Waals surface area contributed by atoms with Crippen LogP contribution in [0.15, 0.2) is 0 Å². The van der Waals surface area contributed by atoms with Crippen LogP contribution in [-0.2, 0) is 4.79 Å². The molecule has 1 aliphatic carbocycles. The van der Waals surface area contributed by atoms with Crippen molar-refractivity contribution >= 4 is 5.91 Å². The number of terminal acetylenes is 1. The maximum absolute atomic E-state index is 12.4. The Balaban J connectivity index is 2.40. The molecule has 1 fully saturated rings. The number of hydrogen-bond acceptors (Lipinski definition) is 1. The van der Waals surface area contributed by atoms with Gasteiger partial charge in [0.05, 0.1) is 6.54 Å². The number of amides is 1. The molecule has 0 aromatic carbocycles. The second-order valence-corrected chi connectivity index (χ2v) is 5.82. The van der Waals surface area contributed by atoms with Crippen LogP contribution in [0.4, 0.5) is 0 Å². The third-order valence-corrected chi connectivity index (χ3v) is 4.25. The molecule has 1 rings (SSSR count). The molecule has 1 saturated carbocycles. The van der Waals surface area contributed by atoms with Gasteiger partial charge in [-0.3, -0.25) is 4.79 Å². The molecular formula is C17H29NO. The van der Waals surface area contributed by atoms with Crippen LogP contribution in [0.5, 0.6) is 0 Å². The van der Waals surface area contributed by atoms with E-state index in [0.717, 1.165) is 31.7 Å². The molecule has 0 aromatic rings. The summed E-state index contributed by atoms with van der Waals surface area (Å²) in [7, 11) is 0. The average Bonchev–Trinajstić information content (AvgIpc) is 2.44. The van der Waals surface area contributed by atoms with Crippen molar-refractivity contribution in [1.82, 2.24) is 4.90 Å². The summed E-state index contributed by atoms with van der Waals surface area (Å²) in [6, 6.07) is 0. The van der Waals surface area contributed by atoms with E-state index >= 15 is 0 Å². The second kappa shape index (κ2) is 9.02. The molecule has 0 N–H and O–H groups in total. The molecule has 0 heterocycles. The van der Waals surface area contributed by atoms with Crippen molar-refractivity contribution in [2.45, 2.75) is 65.2 Å². The Hall–Kier alpha value is -0.970. The Labute approximate surface area is 118 Å². The number of rotatable bonds is 7. The molecule has 1 aliphatic rings. The van der Waals surface area contributed by atoms with Crippen LogP contribution in [-0.4, -0.2) is 23.9 Å². The van der Waals surface area contributed by atoms with Crippen molar-refractivity contribution in [2.75, 3.05) is 13.1 Å². The minimum Gasteiger partial charge on any atom is -0.331 e. The van der Waals surface area contributed by atoms with Crippen LogP contribution in [0.2, 0.25) is 0 Å². The van der Waals surface area contributed by atoms with Gasteiger partial charge in [-0.1, -0.05) is 39.0 Å². The Morgan fingerprint density at radius 3 is 2.42 bits per heavy atom. The van der Waals surface area contributed by atoms with Gasteiger partial charge in [0, 0.05) is 12.5 Å². The van der Waals surface area contributed by atoms with Gasteiger partial charge >= 0.3 is 0 Å². The lowest BCUT2D eigenvalue weighted by Crippen LogP contribution is -2.38. The monoisotopic (exact) mass is 263 g/mol. The normalized spacial score (nSPS) is 22.8. The minimum atomic E-state index is 0.234. The molecule has 2 heteroatoms. The fourth-order valence-electron chi connectivity index (χ4n) is 3.10. The third-order valence-electron chi connectivity index (χ3n) is 4.25. The number of nitrogens with zero attached hydrogens (tertiary/aromatic N) is 1. The van der Waals surface area contributed by atoms with E-state index in [-0.39, 0.29) is 5.92 Å². The van der Waals surface area contributed by atoms with Crippen LogP contribution in [0.25, 0.3) is 0 Å². The van der Waals surface area contributed by atoms with Gasteiger partial charge in [-0.05, 0) is 38.0 Å². The molecular weight excluding hydrogens is 234 g/mol. The number of hydrogen-bond donors (Lipinski definition) is 0. The van der Waals surface area contributed by atoms with E-state index in [0.29, 0.717) is 12.5 Å². The third kappa shape index (κ3) is 5.27. The topological polar surface area (TPSA) is 20.3 Å². The van der Waals surface area contributed by atoms with Crippen molar-refractivity contribution in [3.8, 4) is 12.3 Å². The maximum atomic E-state index is 12.4. The van der Waals surface area contributed by atoms with Gasteiger partial charge in [-0.25, -0.2) is 0 Å². The lowest BCUT2D eigenvalue weighted by molar-refractivity contribution is -0.136. The van der Waals surface area contributed by atoms with E-state index in [9.17, 15) is 4.79 Å². The van der Waals surface area contributed by atoms with E-state index in [4.69, 9.17) is 6.42 Å². The summed E-state index contributed by atoms with van der Waals surface area (Å²) in [5, 5.41) is 0. The molecule has 0 unspecified atom stereocenters. The van der Waals surface area contributed by atoms with Gasteiger partial charge in [-0.15, -0.1) is 6.42 Å². The van der Waals surface area contributed by atoms with Gasteiger partial charge in [0.2, 0.25) is 5.91 Å². The summed E-state index contributed by atoms with van der Waals surface area (Å²) in [4.78, 5) is 14.3. The summed E-state index contributed by atoms with van der Waals surface area (Å²) in [6.07, 6.45) is 14.9. The van der Waals surface area contributed by atoms with E-state index in [2.05, 4.69) is 19.8 Å². The molecule has 2 nitrogen and oxygen atoms in total. The van der Waals surface area contributed by atoms with Crippen molar-refractivity contribution in [1.29, 1.82) is 0 Å². The minimum absolute atomic E-state index is 0.234. The standard InChI is InChI=1S/C17H29NO/c1-4-7-8-15-9-11-16(12-10-15)17(19)18(13-5-2)14-6-3/h2,15-16H,4,6-14H2,1,3H3. The van der Waals surface area contributed by atoms with Crippen LogP contribution in [0.1, 0.15) is 65.2 Å². The van der Waals surface area contributed by atoms with Gasteiger partial charge in [0.25, 0.3) is 0 Å². The molecule has 0 aliphatic heterocycles. The average molecular weight is 263 g/mol. The highest BCUT2D eigenvalue weighted by Crippen LogP contribution is 2.32. The molecule has 0 saturated heterocycles. The van der Waals surface area contributed by atoms with Crippen LogP contribution < -0.4 is 0 Å². The van der Waals surface area contributed by atoms with E-state index in [1.807, 2.05) is 4.90 Å². The summed E-state index contributed by atoms with van der Waals surface area (Å²) in [6.45, 7) is 5.62. The first-order chi connectivity index (χ1) is 9.22. The molecule has 0 atom stereocenters. The smallest absolute Gasteiger partial charge is 0.226 e. The molecule has 19 heavy (non-hydrogen) atoms. The second-order valence-electron chi connectivity index (χ2n) is 5.82. The highest BCUT2D eigenvalue weighted by Gasteiger charge is 2.28. The predicted molar refractivity (Wildman–Crippen MR) is 80.7 cm³/mol. The molecule has 108 valence electrons. The Bertz CT molecular complexity index is 297. The van der Waals surface area contributed by atoms with Gasteiger partial charge < -0.3 is 4.90 Å². The summed E-state index contributed by atoms with van der Waals surface area (Å²) in [5.41, 5.74) is 0. The van der Waals surface area contributed by atoms with E-state index < -0.39 is 0 Å². The van der Waals surface area contributed by atoms with Crippen LogP contribution in [0, 0.1) is 24.2 Å². The van der Waals surface area contributed by atoms with Crippen LogP contribution in [0.3, 0.4) is 0 Å². The number of carbonyl (C=O) groups is 1. The number of carbonyl (C=O) groups excluding carboxylic acids is 1. The summed E-state index contributed by atoms with van der Waals surface area (Å²) in [5.74, 6) is 4.01. The highest BCUT2D eigenvalue weighted by molar-refractivity contribution is 5.79. The molecule has 0 aromatic heterocycles. The zero-order chi connectivity index (χ0) is 14.1. The predicted octanol–water partition coefficient (Wildman–Crippen LogP) is 3.85. The quantitative estimate of drug-likeness (QED) is 0.639. The Morgan fingerprint density at radius 2 is 1.89 bits per heavy atom. The molecule has 0 spiro atoms. The zero-order valence-electron chi connectivity index (χ0n) is 12.7. The highest BCUT2D eigenvalue weighted by atomic mass is 16.2. The van der Waals surface area contributed by atoms with Gasteiger partial charge in [-0.2, -0.15) is 0 Å². The van der Waals surface area contributed by atoms with Gasteiger partial charge in [0.1, 0.15) is 0 Å². The lowest BCUT2D eigenvalue weighted by atomic mass is 9.79. The molecule has 1 amide bonds. The van der Waals surface area contributed by atoms with Crippen molar-refractivity contribution in [3.63, 3.8) is 0 Å². The fraction of sp³-hybridized carbons (Fsp3) is 0.824. The summed E-state index contributed by atoms with van der Waals surface area (Å²) < 4.78 is 0. The largest absolute Gasteiger partial charge is 0.331 e. The van der Waals surface area contributed by atoms with Crippen LogP contribution >= 0.6 is 0 Å². The first-order valence-electron chi connectivity index (χ1n) is 7.95. The Morgan fingerprint density at radius 1 is 1.21 bits per heavy atom. The number of unbranched alkanes of at least 4 members (excludes halogenated alkanes) is 1. The fourth-order valence-corrected chi connectivity index (χ4v) is 3.10. The van der Waals surface area contributed by atoms with E-state index in [1.165, 1.54) is 32.1 Å². The molecule has 0 bridgehead atoms. The molecule has 0 radical (unpaired) electrons. The van der Waals surface area contributed by atoms with Crippen molar-refractivity contribution in [2.24, 2.45) is 11.8 Å².